The number of carbonyl (C=O) groups is 1. The van der Waals surface area contributed by atoms with E-state index in [0.717, 1.165) is 27.9 Å². The number of nitrogens with zero attached hydrogens (tertiary/aromatic N) is 1. The Morgan fingerprint density at radius 1 is 1.12 bits per heavy atom. The first kappa shape index (κ1) is 16.5. The first-order chi connectivity index (χ1) is 11.6. The van der Waals surface area contributed by atoms with Gasteiger partial charge >= 0.3 is 0 Å². The molecule has 0 aliphatic carbocycles. The summed E-state index contributed by atoms with van der Waals surface area (Å²) in [6.45, 7) is 4.11. The van der Waals surface area contributed by atoms with Crippen LogP contribution in [0.1, 0.15) is 16.7 Å². The van der Waals surface area contributed by atoms with Gasteiger partial charge in [-0.05, 0) is 43.2 Å². The van der Waals surface area contributed by atoms with E-state index in [4.69, 9.17) is 0 Å². The van der Waals surface area contributed by atoms with Gasteiger partial charge in [-0.15, -0.1) is 11.8 Å². The molecule has 3 aromatic rings. The minimum atomic E-state index is 0.0154. The Hall–Kier alpha value is -2.33. The van der Waals surface area contributed by atoms with Crippen molar-refractivity contribution in [1.82, 2.24) is 4.98 Å². The maximum absolute atomic E-state index is 12.2. The number of nitrogens with one attached hydrogen (secondary N) is 1. The maximum Gasteiger partial charge on any atom is 0.234 e. The monoisotopic (exact) mass is 336 g/mol. The molecule has 4 heteroatoms. The van der Waals surface area contributed by atoms with Gasteiger partial charge in [-0.25, -0.2) is 0 Å². The van der Waals surface area contributed by atoms with Crippen molar-refractivity contribution in [2.75, 3.05) is 11.1 Å². The first-order valence-electron chi connectivity index (χ1n) is 7.91. The quantitative estimate of drug-likeness (QED) is 0.733. The van der Waals surface area contributed by atoms with Crippen LogP contribution in [-0.2, 0) is 10.5 Å². The van der Waals surface area contributed by atoms with Crippen LogP contribution in [0.4, 0.5) is 5.69 Å². The van der Waals surface area contributed by atoms with Gasteiger partial charge < -0.3 is 5.32 Å². The normalized spacial score (nSPS) is 10.8. The summed E-state index contributed by atoms with van der Waals surface area (Å²) in [6.07, 6.45) is 1.78. The van der Waals surface area contributed by atoms with Crippen molar-refractivity contribution in [3.63, 3.8) is 0 Å². The summed E-state index contributed by atoms with van der Waals surface area (Å²) < 4.78 is 0. The molecular weight excluding hydrogens is 316 g/mol. The van der Waals surface area contributed by atoms with E-state index in [1.54, 1.807) is 18.0 Å². The largest absolute Gasteiger partial charge is 0.325 e. The van der Waals surface area contributed by atoms with Gasteiger partial charge in [0.15, 0.2) is 0 Å². The first-order valence-corrected chi connectivity index (χ1v) is 9.06. The number of hydrogen-bond donors (Lipinski definition) is 1. The molecule has 2 aromatic carbocycles. The summed E-state index contributed by atoms with van der Waals surface area (Å²) in [5.41, 5.74) is 5.36. The van der Waals surface area contributed by atoms with Crippen molar-refractivity contribution >= 4 is 34.3 Å². The molecule has 0 aliphatic rings. The highest BCUT2D eigenvalue weighted by Crippen LogP contribution is 2.24. The molecule has 0 fully saturated rings. The number of carbonyl (C=O) groups excluding carboxylic acids is 1. The van der Waals surface area contributed by atoms with Crippen molar-refractivity contribution in [3.05, 3.63) is 71.4 Å². The van der Waals surface area contributed by atoms with Crippen molar-refractivity contribution in [2.24, 2.45) is 0 Å². The van der Waals surface area contributed by atoms with Gasteiger partial charge in [-0.3, -0.25) is 9.78 Å². The number of aromatic nitrogens is 1. The standard InChI is InChI=1S/C20H20N2OS/c1-14-5-3-6-16(11-14)12-24-13-19(23)22-18-9-8-15(2)20-17(18)7-4-10-21-20/h3-11H,12-13H2,1-2H3,(H,22,23). The Kier molecular flexibility index (Phi) is 5.16. The van der Waals surface area contributed by atoms with Crippen molar-refractivity contribution in [2.45, 2.75) is 19.6 Å². The summed E-state index contributed by atoms with van der Waals surface area (Å²) in [4.78, 5) is 16.6. The highest BCUT2D eigenvalue weighted by Gasteiger charge is 2.08. The van der Waals surface area contributed by atoms with E-state index in [1.165, 1.54) is 11.1 Å². The average Bonchev–Trinajstić information content (AvgIpc) is 2.58. The fraction of sp³-hybridized carbons (Fsp3) is 0.200. The van der Waals surface area contributed by atoms with E-state index in [0.29, 0.717) is 5.75 Å². The van der Waals surface area contributed by atoms with Gasteiger partial charge in [0, 0.05) is 17.3 Å². The predicted octanol–water partition coefficient (Wildman–Crippen LogP) is 4.72. The zero-order chi connectivity index (χ0) is 16.9. The molecule has 0 saturated carbocycles. The maximum atomic E-state index is 12.2. The van der Waals surface area contributed by atoms with Crippen LogP contribution in [0, 0.1) is 13.8 Å². The predicted molar refractivity (Wildman–Crippen MR) is 102 cm³/mol. The molecular formula is C20H20N2OS. The Morgan fingerprint density at radius 3 is 2.83 bits per heavy atom. The second-order valence-electron chi connectivity index (χ2n) is 5.86. The molecule has 0 spiro atoms. The van der Waals surface area contributed by atoms with Crippen molar-refractivity contribution in [3.8, 4) is 0 Å². The molecule has 3 nitrogen and oxygen atoms in total. The number of aryl methyl sites for hydroxylation is 2. The zero-order valence-corrected chi connectivity index (χ0v) is 14.7. The SMILES string of the molecule is Cc1cccc(CSCC(=O)Nc2ccc(C)c3ncccc23)c1. The molecule has 0 bridgehead atoms. The van der Waals surface area contributed by atoms with Gasteiger partial charge in [0.25, 0.3) is 0 Å². The van der Waals surface area contributed by atoms with Crippen LogP contribution in [0.15, 0.2) is 54.7 Å². The number of amides is 1. The highest BCUT2D eigenvalue weighted by atomic mass is 32.2. The second-order valence-corrected chi connectivity index (χ2v) is 6.85. The minimum absolute atomic E-state index is 0.0154. The number of benzene rings is 2. The summed E-state index contributed by atoms with van der Waals surface area (Å²) in [5, 5.41) is 3.99. The lowest BCUT2D eigenvalue weighted by atomic mass is 10.1. The lowest BCUT2D eigenvalue weighted by molar-refractivity contribution is -0.113. The Labute approximate surface area is 146 Å². The lowest BCUT2D eigenvalue weighted by Gasteiger charge is -2.10. The highest BCUT2D eigenvalue weighted by molar-refractivity contribution is 7.99. The van der Waals surface area contributed by atoms with Gasteiger partial charge in [0.2, 0.25) is 5.91 Å². The van der Waals surface area contributed by atoms with E-state index in [1.807, 2.05) is 31.2 Å². The van der Waals surface area contributed by atoms with Crippen molar-refractivity contribution < 1.29 is 4.79 Å². The Balaban J connectivity index is 1.62. The van der Waals surface area contributed by atoms with Crippen LogP contribution in [0.25, 0.3) is 10.9 Å². The van der Waals surface area contributed by atoms with E-state index in [2.05, 4.69) is 41.5 Å². The molecule has 1 aromatic heterocycles. The average molecular weight is 336 g/mol. The molecule has 0 radical (unpaired) electrons. The van der Waals surface area contributed by atoms with Crippen LogP contribution in [0.5, 0.6) is 0 Å². The second kappa shape index (κ2) is 7.49. The number of rotatable bonds is 5. The molecule has 24 heavy (non-hydrogen) atoms. The summed E-state index contributed by atoms with van der Waals surface area (Å²) in [7, 11) is 0. The molecule has 0 saturated heterocycles. The van der Waals surface area contributed by atoms with Crippen LogP contribution < -0.4 is 5.32 Å². The molecule has 1 amide bonds. The number of thioether (sulfide) groups is 1. The minimum Gasteiger partial charge on any atom is -0.325 e. The van der Waals surface area contributed by atoms with Crippen LogP contribution in [0.3, 0.4) is 0 Å². The van der Waals surface area contributed by atoms with E-state index < -0.39 is 0 Å². The van der Waals surface area contributed by atoms with Crippen molar-refractivity contribution in [1.29, 1.82) is 0 Å². The third-order valence-electron chi connectivity index (χ3n) is 3.83. The smallest absolute Gasteiger partial charge is 0.234 e. The molecule has 0 aliphatic heterocycles. The Morgan fingerprint density at radius 2 is 2.00 bits per heavy atom. The molecule has 122 valence electrons. The topological polar surface area (TPSA) is 42.0 Å². The van der Waals surface area contributed by atoms with E-state index in [9.17, 15) is 4.79 Å². The van der Waals surface area contributed by atoms with Crippen LogP contribution in [-0.4, -0.2) is 16.6 Å². The molecule has 0 unspecified atom stereocenters. The van der Waals surface area contributed by atoms with E-state index >= 15 is 0 Å². The zero-order valence-electron chi connectivity index (χ0n) is 13.9. The van der Waals surface area contributed by atoms with Gasteiger partial charge in [-0.1, -0.05) is 35.9 Å². The summed E-state index contributed by atoms with van der Waals surface area (Å²) >= 11 is 1.62. The molecule has 3 rings (SSSR count). The van der Waals surface area contributed by atoms with Gasteiger partial charge in [-0.2, -0.15) is 0 Å². The number of pyridine rings is 1. The van der Waals surface area contributed by atoms with Crippen LogP contribution >= 0.6 is 11.8 Å². The van der Waals surface area contributed by atoms with Gasteiger partial charge in [0.05, 0.1) is 17.0 Å². The Bertz CT molecular complexity index is 876. The van der Waals surface area contributed by atoms with Crippen LogP contribution in [0.2, 0.25) is 0 Å². The molecule has 1 heterocycles. The number of hydrogen-bond acceptors (Lipinski definition) is 3. The number of fused-ring (bicyclic) bond motifs is 1. The van der Waals surface area contributed by atoms with E-state index in [-0.39, 0.29) is 5.91 Å². The van der Waals surface area contributed by atoms with Gasteiger partial charge in [0.1, 0.15) is 0 Å². The fourth-order valence-corrected chi connectivity index (χ4v) is 3.45. The third-order valence-corrected chi connectivity index (χ3v) is 4.83. The fourth-order valence-electron chi connectivity index (χ4n) is 2.67. The third kappa shape index (κ3) is 3.95. The molecule has 0 atom stereocenters. The summed E-state index contributed by atoms with van der Waals surface area (Å²) in [5.74, 6) is 1.29. The molecule has 1 N–H and O–H groups in total. The summed E-state index contributed by atoms with van der Waals surface area (Å²) in [6, 6.07) is 16.2. The number of anilines is 1. The lowest BCUT2D eigenvalue weighted by Crippen LogP contribution is -2.14.